The van der Waals surface area contributed by atoms with Crippen LogP contribution in [0.4, 0.5) is 5.69 Å². The third-order valence-corrected chi connectivity index (χ3v) is 3.56. The van der Waals surface area contributed by atoms with Crippen LogP contribution in [-0.4, -0.2) is 53.8 Å². The predicted molar refractivity (Wildman–Crippen MR) is 76.9 cm³/mol. The smallest absolute Gasteiger partial charge is 0.264 e. The third-order valence-electron chi connectivity index (χ3n) is 3.29. The highest BCUT2D eigenvalue weighted by atomic mass is 35.5. The molecule has 6 nitrogen and oxygen atoms in total. The molecule has 1 aromatic heterocycles. The van der Waals surface area contributed by atoms with Gasteiger partial charge in [-0.1, -0.05) is 11.6 Å². The van der Waals surface area contributed by atoms with Crippen molar-refractivity contribution in [2.24, 2.45) is 0 Å². The highest BCUT2D eigenvalue weighted by molar-refractivity contribution is 6.37. The van der Waals surface area contributed by atoms with Gasteiger partial charge in [-0.3, -0.25) is 14.5 Å². The van der Waals surface area contributed by atoms with E-state index in [1.807, 2.05) is 19.0 Å². The normalized spacial score (nSPS) is 14.3. The fraction of sp³-hybridized carbons (Fsp3) is 0.462. The molecule has 0 radical (unpaired) electrons. The van der Waals surface area contributed by atoms with E-state index in [-0.39, 0.29) is 27.9 Å². The van der Waals surface area contributed by atoms with Gasteiger partial charge in [0.25, 0.3) is 11.8 Å². The number of halogens is 1. The average Bonchev–Trinajstić information content (AvgIpc) is 2.60. The largest absolute Gasteiger partial charge is 0.397 e. The maximum Gasteiger partial charge on any atom is 0.264 e. The minimum atomic E-state index is -0.409. The summed E-state index contributed by atoms with van der Waals surface area (Å²) in [5, 5.41) is 0.0418. The van der Waals surface area contributed by atoms with Gasteiger partial charge in [0.2, 0.25) is 0 Å². The molecule has 1 aromatic rings. The van der Waals surface area contributed by atoms with Gasteiger partial charge in [0.1, 0.15) is 5.15 Å². The third kappa shape index (κ3) is 2.36. The molecule has 108 valence electrons. The van der Waals surface area contributed by atoms with Crippen LogP contribution < -0.4 is 5.73 Å². The number of pyridine rings is 1. The van der Waals surface area contributed by atoms with Gasteiger partial charge in [0.05, 0.1) is 22.5 Å². The molecule has 20 heavy (non-hydrogen) atoms. The number of fused-ring (bicyclic) bond motifs is 1. The van der Waals surface area contributed by atoms with E-state index >= 15 is 0 Å². The number of carbonyl (C=O) groups excluding carboxylic acids is 2. The Balaban J connectivity index is 2.31. The topological polar surface area (TPSA) is 79.5 Å². The van der Waals surface area contributed by atoms with Crippen molar-refractivity contribution in [2.45, 2.75) is 13.3 Å². The molecule has 2 rings (SSSR count). The molecule has 0 fully saturated rings. The summed E-state index contributed by atoms with van der Waals surface area (Å²) in [7, 11) is 3.87. The Morgan fingerprint density at radius 3 is 2.45 bits per heavy atom. The molecule has 2 N–H and O–H groups in total. The summed E-state index contributed by atoms with van der Waals surface area (Å²) in [4.78, 5) is 31.8. The first-order valence-corrected chi connectivity index (χ1v) is 6.69. The number of anilines is 1. The van der Waals surface area contributed by atoms with E-state index in [9.17, 15) is 9.59 Å². The number of rotatable bonds is 4. The lowest BCUT2D eigenvalue weighted by atomic mass is 10.1. The monoisotopic (exact) mass is 296 g/mol. The Hall–Kier alpha value is -1.66. The zero-order valence-corrected chi connectivity index (χ0v) is 12.5. The van der Waals surface area contributed by atoms with Crippen molar-refractivity contribution in [1.29, 1.82) is 0 Å². The number of hydrogen-bond acceptors (Lipinski definition) is 5. The Kier molecular flexibility index (Phi) is 3.96. The van der Waals surface area contributed by atoms with E-state index in [0.717, 1.165) is 6.54 Å². The van der Waals surface area contributed by atoms with Gasteiger partial charge in [0, 0.05) is 6.54 Å². The standard InChI is InChI=1S/C13H17ClN4O2/c1-7-10(15)8-9(11(14)16-7)13(20)18(12(8)19)6-4-5-17(2)3/h4-6,15H2,1-3H3. The predicted octanol–water partition coefficient (Wildman–Crippen LogP) is 1.17. The van der Waals surface area contributed by atoms with E-state index in [0.29, 0.717) is 18.7 Å². The van der Waals surface area contributed by atoms with Crippen molar-refractivity contribution in [3.05, 3.63) is 22.0 Å². The van der Waals surface area contributed by atoms with E-state index < -0.39 is 5.91 Å². The highest BCUT2D eigenvalue weighted by Gasteiger charge is 2.39. The fourth-order valence-electron chi connectivity index (χ4n) is 2.21. The van der Waals surface area contributed by atoms with Gasteiger partial charge in [-0.2, -0.15) is 0 Å². The fourth-order valence-corrected chi connectivity index (χ4v) is 2.51. The average molecular weight is 297 g/mol. The first-order valence-electron chi connectivity index (χ1n) is 6.31. The summed E-state index contributed by atoms with van der Waals surface area (Å²) < 4.78 is 0. The number of nitrogens with two attached hydrogens (primary N) is 1. The lowest BCUT2D eigenvalue weighted by molar-refractivity contribution is 0.0650. The van der Waals surface area contributed by atoms with Crippen molar-refractivity contribution >= 4 is 29.1 Å². The number of aromatic nitrogens is 1. The number of amides is 2. The Labute approximate surface area is 122 Å². The molecule has 0 atom stereocenters. The number of aryl methyl sites for hydroxylation is 1. The van der Waals surface area contributed by atoms with Gasteiger partial charge in [-0.15, -0.1) is 0 Å². The van der Waals surface area contributed by atoms with E-state index in [1.165, 1.54) is 4.90 Å². The number of hydrogen-bond donors (Lipinski definition) is 1. The summed E-state index contributed by atoms with van der Waals surface area (Å²) in [5.41, 5.74) is 6.88. The minimum absolute atomic E-state index is 0.0418. The Bertz CT molecular complexity index is 586. The number of nitrogens with zero attached hydrogens (tertiary/aromatic N) is 3. The molecule has 0 aromatic carbocycles. The van der Waals surface area contributed by atoms with Crippen LogP contribution in [0.1, 0.15) is 32.8 Å². The van der Waals surface area contributed by atoms with Crippen LogP contribution in [0, 0.1) is 6.92 Å². The summed E-state index contributed by atoms with van der Waals surface area (Å²) in [6.45, 7) is 2.79. The maximum absolute atomic E-state index is 12.3. The van der Waals surface area contributed by atoms with Crippen LogP contribution in [0.2, 0.25) is 5.15 Å². The molecule has 0 saturated carbocycles. The van der Waals surface area contributed by atoms with Gasteiger partial charge in [0.15, 0.2) is 0 Å². The van der Waals surface area contributed by atoms with Gasteiger partial charge < -0.3 is 10.6 Å². The SMILES string of the molecule is Cc1nc(Cl)c2c(c1N)C(=O)N(CCCN(C)C)C2=O. The van der Waals surface area contributed by atoms with Crippen LogP contribution in [0.25, 0.3) is 0 Å². The molecule has 0 saturated heterocycles. The molecule has 1 aliphatic rings. The maximum atomic E-state index is 12.3. The minimum Gasteiger partial charge on any atom is -0.397 e. The lowest BCUT2D eigenvalue weighted by Crippen LogP contribution is -2.32. The molecule has 2 amide bonds. The zero-order valence-electron chi connectivity index (χ0n) is 11.7. The molecule has 7 heteroatoms. The molecule has 0 bridgehead atoms. The molecular formula is C13H17ClN4O2. The van der Waals surface area contributed by atoms with Crippen LogP contribution >= 0.6 is 11.6 Å². The van der Waals surface area contributed by atoms with Gasteiger partial charge in [-0.05, 0) is 34.0 Å². The molecule has 0 spiro atoms. The molecular weight excluding hydrogens is 280 g/mol. The first-order chi connectivity index (χ1) is 9.34. The number of carbonyl (C=O) groups is 2. The van der Waals surface area contributed by atoms with Crippen molar-refractivity contribution in [1.82, 2.24) is 14.8 Å². The molecule has 2 heterocycles. The summed E-state index contributed by atoms with van der Waals surface area (Å²) in [5.74, 6) is -0.790. The first kappa shape index (κ1) is 14.7. The second-order valence-electron chi connectivity index (χ2n) is 5.07. The number of imide groups is 1. The van der Waals surface area contributed by atoms with Crippen molar-refractivity contribution in [3.63, 3.8) is 0 Å². The summed E-state index contributed by atoms with van der Waals surface area (Å²) in [6, 6.07) is 0. The highest BCUT2D eigenvalue weighted by Crippen LogP contribution is 2.33. The van der Waals surface area contributed by atoms with E-state index in [1.54, 1.807) is 6.92 Å². The van der Waals surface area contributed by atoms with Crippen molar-refractivity contribution in [2.75, 3.05) is 32.9 Å². The number of nitrogen functional groups attached to an aromatic ring is 1. The van der Waals surface area contributed by atoms with Gasteiger partial charge in [-0.25, -0.2) is 4.98 Å². The van der Waals surface area contributed by atoms with E-state index in [4.69, 9.17) is 17.3 Å². The Morgan fingerprint density at radius 1 is 1.25 bits per heavy atom. The molecule has 0 unspecified atom stereocenters. The van der Waals surface area contributed by atoms with Crippen molar-refractivity contribution < 1.29 is 9.59 Å². The summed E-state index contributed by atoms with van der Waals surface area (Å²) >= 11 is 5.98. The zero-order chi connectivity index (χ0) is 15.0. The lowest BCUT2D eigenvalue weighted by Gasteiger charge is -2.15. The summed E-state index contributed by atoms with van der Waals surface area (Å²) in [6.07, 6.45) is 0.697. The van der Waals surface area contributed by atoms with Crippen molar-refractivity contribution in [3.8, 4) is 0 Å². The Morgan fingerprint density at radius 2 is 1.85 bits per heavy atom. The van der Waals surface area contributed by atoms with Crippen LogP contribution in [-0.2, 0) is 0 Å². The molecule has 0 aliphatic carbocycles. The van der Waals surface area contributed by atoms with Gasteiger partial charge >= 0.3 is 0 Å². The van der Waals surface area contributed by atoms with Crippen LogP contribution in [0.5, 0.6) is 0 Å². The van der Waals surface area contributed by atoms with E-state index in [2.05, 4.69) is 4.98 Å². The van der Waals surface area contributed by atoms with Crippen LogP contribution in [0.15, 0.2) is 0 Å². The second-order valence-corrected chi connectivity index (χ2v) is 5.43. The molecule has 1 aliphatic heterocycles. The van der Waals surface area contributed by atoms with Crippen LogP contribution in [0.3, 0.4) is 0 Å². The second kappa shape index (κ2) is 5.38. The quantitative estimate of drug-likeness (QED) is 0.666.